The highest BCUT2D eigenvalue weighted by molar-refractivity contribution is 5.88. The molecule has 0 saturated carbocycles. The first kappa shape index (κ1) is 15.9. The fourth-order valence-corrected chi connectivity index (χ4v) is 1.42. The molecular formula is C10H13F3N4O3. The maximum Gasteiger partial charge on any atom is 0.435 e. The molecule has 0 unspecified atom stereocenters. The number of esters is 1. The lowest BCUT2D eigenvalue weighted by Gasteiger charge is -2.10. The van der Waals surface area contributed by atoms with Gasteiger partial charge in [-0.15, -0.1) is 5.10 Å². The summed E-state index contributed by atoms with van der Waals surface area (Å²) in [6.07, 6.45) is -5.04. The van der Waals surface area contributed by atoms with Gasteiger partial charge in [0.1, 0.15) is 0 Å². The molecular weight excluding hydrogens is 281 g/mol. The quantitative estimate of drug-likeness (QED) is 0.804. The van der Waals surface area contributed by atoms with Gasteiger partial charge >= 0.3 is 12.1 Å². The van der Waals surface area contributed by atoms with Gasteiger partial charge in [-0.2, -0.15) is 13.2 Å². The van der Waals surface area contributed by atoms with E-state index in [2.05, 4.69) is 20.4 Å². The van der Waals surface area contributed by atoms with Crippen LogP contribution in [0.25, 0.3) is 0 Å². The third kappa shape index (κ3) is 3.68. The number of hydrogen-bond acceptors (Lipinski definition) is 5. The smallest absolute Gasteiger partial charge is 0.435 e. The molecule has 0 fully saturated rings. The highest BCUT2D eigenvalue weighted by Gasteiger charge is 2.42. The Morgan fingerprint density at radius 2 is 2.05 bits per heavy atom. The van der Waals surface area contributed by atoms with Crippen LogP contribution in [-0.2, 0) is 22.3 Å². The third-order valence-corrected chi connectivity index (χ3v) is 2.30. The number of amides is 1. The predicted molar refractivity (Wildman–Crippen MR) is 59.7 cm³/mol. The number of nitrogens with one attached hydrogen (secondary N) is 1. The molecule has 7 nitrogen and oxygen atoms in total. The summed E-state index contributed by atoms with van der Waals surface area (Å²) in [5.74, 6) is -1.66. The molecule has 0 saturated heterocycles. The number of aryl methyl sites for hydroxylation is 1. The Kier molecular flexibility index (Phi) is 5.06. The van der Waals surface area contributed by atoms with Gasteiger partial charge in [0, 0.05) is 13.5 Å². The lowest BCUT2D eigenvalue weighted by Crippen LogP contribution is -2.23. The van der Waals surface area contributed by atoms with Gasteiger partial charge in [0.2, 0.25) is 11.6 Å². The fraction of sp³-hybridized carbons (Fsp3) is 0.600. The monoisotopic (exact) mass is 294 g/mol. The number of hydrogen-bond donors (Lipinski definition) is 1. The first-order valence-corrected chi connectivity index (χ1v) is 5.69. The van der Waals surface area contributed by atoms with Crippen LogP contribution in [0, 0.1) is 0 Å². The van der Waals surface area contributed by atoms with Crippen LogP contribution in [0.4, 0.5) is 13.2 Å². The van der Waals surface area contributed by atoms with E-state index in [9.17, 15) is 22.8 Å². The predicted octanol–water partition coefficient (Wildman–Crippen LogP) is 0.610. The Hall–Kier alpha value is -2.13. The van der Waals surface area contributed by atoms with Crippen LogP contribution in [0.1, 0.15) is 29.5 Å². The average Bonchev–Trinajstić information content (AvgIpc) is 2.80. The van der Waals surface area contributed by atoms with E-state index >= 15 is 0 Å². The molecule has 1 heterocycles. The van der Waals surface area contributed by atoms with E-state index in [0.29, 0.717) is 4.68 Å². The molecule has 0 aliphatic heterocycles. The van der Waals surface area contributed by atoms with Gasteiger partial charge in [-0.25, -0.2) is 9.48 Å². The molecule has 0 aliphatic carbocycles. The first-order chi connectivity index (χ1) is 9.31. The van der Waals surface area contributed by atoms with Crippen molar-refractivity contribution in [3.63, 3.8) is 0 Å². The highest BCUT2D eigenvalue weighted by atomic mass is 19.4. The lowest BCUT2D eigenvalue weighted by atomic mass is 10.3. The topological polar surface area (TPSA) is 86.1 Å². The first-order valence-electron chi connectivity index (χ1n) is 5.69. The van der Waals surface area contributed by atoms with Crippen LogP contribution >= 0.6 is 0 Å². The van der Waals surface area contributed by atoms with Crippen LogP contribution in [0.15, 0.2) is 0 Å². The number of alkyl halides is 3. The molecule has 1 amide bonds. The summed E-state index contributed by atoms with van der Waals surface area (Å²) < 4.78 is 43.8. The van der Waals surface area contributed by atoms with Gasteiger partial charge in [-0.05, 0) is 6.92 Å². The van der Waals surface area contributed by atoms with Gasteiger partial charge in [0.05, 0.1) is 13.2 Å². The second kappa shape index (κ2) is 6.35. The number of rotatable bonds is 5. The largest absolute Gasteiger partial charge is 0.461 e. The van der Waals surface area contributed by atoms with Crippen molar-refractivity contribution in [3.8, 4) is 0 Å². The van der Waals surface area contributed by atoms with Crippen molar-refractivity contribution < 1.29 is 27.5 Å². The number of halogens is 3. The van der Waals surface area contributed by atoms with Crippen molar-refractivity contribution in [1.29, 1.82) is 0 Å². The standard InChI is InChI=1S/C10H13F3N4O3/c1-3-20-9(19)7-8(10(11,12)13)17(16-15-7)5-4-6(18)14-2/h3-5H2,1-2H3,(H,14,18). The normalized spacial score (nSPS) is 11.2. The third-order valence-electron chi connectivity index (χ3n) is 2.30. The van der Waals surface area contributed by atoms with Crippen LogP contribution in [0.5, 0.6) is 0 Å². The molecule has 0 atom stereocenters. The van der Waals surface area contributed by atoms with Crippen molar-refractivity contribution in [1.82, 2.24) is 20.3 Å². The summed E-state index contributed by atoms with van der Waals surface area (Å²) in [7, 11) is 1.36. The SMILES string of the molecule is CCOC(=O)c1nnn(CCC(=O)NC)c1C(F)(F)F. The molecule has 112 valence electrons. The molecule has 0 aromatic carbocycles. The molecule has 0 bridgehead atoms. The summed E-state index contributed by atoms with van der Waals surface area (Å²) in [5.41, 5.74) is -2.23. The van der Waals surface area contributed by atoms with Gasteiger partial charge in [-0.3, -0.25) is 4.79 Å². The van der Waals surface area contributed by atoms with Crippen molar-refractivity contribution in [2.75, 3.05) is 13.7 Å². The number of nitrogens with zero attached hydrogens (tertiary/aromatic N) is 3. The van der Waals surface area contributed by atoms with Crippen molar-refractivity contribution in [2.24, 2.45) is 0 Å². The average molecular weight is 294 g/mol. The van der Waals surface area contributed by atoms with Crippen LogP contribution in [0.2, 0.25) is 0 Å². The minimum Gasteiger partial charge on any atom is -0.461 e. The van der Waals surface area contributed by atoms with E-state index in [1.807, 2.05) is 0 Å². The van der Waals surface area contributed by atoms with E-state index in [1.54, 1.807) is 0 Å². The highest BCUT2D eigenvalue weighted by Crippen LogP contribution is 2.31. The summed E-state index contributed by atoms with van der Waals surface area (Å²) in [5, 5.41) is 8.72. The number of ether oxygens (including phenoxy) is 1. The minimum atomic E-state index is -4.83. The zero-order valence-corrected chi connectivity index (χ0v) is 10.8. The molecule has 1 aromatic heterocycles. The molecule has 1 N–H and O–H groups in total. The van der Waals surface area contributed by atoms with E-state index in [0.717, 1.165) is 0 Å². The Labute approximate surface area is 112 Å². The molecule has 0 spiro atoms. The maximum atomic E-state index is 12.9. The number of carbonyl (C=O) groups is 2. The lowest BCUT2D eigenvalue weighted by molar-refractivity contribution is -0.145. The Morgan fingerprint density at radius 1 is 1.40 bits per heavy atom. The fourth-order valence-electron chi connectivity index (χ4n) is 1.42. The zero-order valence-electron chi connectivity index (χ0n) is 10.8. The maximum absolute atomic E-state index is 12.9. The van der Waals surface area contributed by atoms with Gasteiger partial charge < -0.3 is 10.1 Å². The van der Waals surface area contributed by atoms with Gasteiger partial charge in [-0.1, -0.05) is 5.21 Å². The van der Waals surface area contributed by atoms with Crippen molar-refractivity contribution in [2.45, 2.75) is 26.1 Å². The van der Waals surface area contributed by atoms with Crippen LogP contribution in [0.3, 0.4) is 0 Å². The second-order valence-electron chi connectivity index (χ2n) is 3.65. The van der Waals surface area contributed by atoms with E-state index < -0.39 is 29.4 Å². The summed E-state index contributed by atoms with van der Waals surface area (Å²) >= 11 is 0. The molecule has 0 radical (unpaired) electrons. The Balaban J connectivity index is 3.07. The van der Waals surface area contributed by atoms with Crippen molar-refractivity contribution >= 4 is 11.9 Å². The number of aromatic nitrogens is 3. The minimum absolute atomic E-state index is 0.0821. The van der Waals surface area contributed by atoms with Gasteiger partial charge in [0.15, 0.2) is 5.69 Å². The second-order valence-corrected chi connectivity index (χ2v) is 3.65. The zero-order chi connectivity index (χ0) is 15.3. The molecule has 0 aliphatic rings. The Bertz CT molecular complexity index is 498. The molecule has 10 heteroatoms. The van der Waals surface area contributed by atoms with E-state index in [1.165, 1.54) is 14.0 Å². The van der Waals surface area contributed by atoms with Crippen LogP contribution < -0.4 is 5.32 Å². The molecule has 1 rings (SSSR count). The van der Waals surface area contributed by atoms with Crippen molar-refractivity contribution in [3.05, 3.63) is 11.4 Å². The summed E-state index contributed by atoms with van der Waals surface area (Å²) in [6.45, 7) is 1.03. The molecule has 20 heavy (non-hydrogen) atoms. The summed E-state index contributed by atoms with van der Waals surface area (Å²) in [4.78, 5) is 22.4. The number of carbonyl (C=O) groups excluding carboxylic acids is 2. The summed E-state index contributed by atoms with van der Waals surface area (Å²) in [6, 6.07) is 0. The Morgan fingerprint density at radius 3 is 2.55 bits per heavy atom. The van der Waals surface area contributed by atoms with Crippen LogP contribution in [-0.4, -0.2) is 40.5 Å². The van der Waals surface area contributed by atoms with E-state index in [-0.39, 0.29) is 19.6 Å². The molecule has 1 aromatic rings. The van der Waals surface area contributed by atoms with E-state index in [4.69, 9.17) is 0 Å². The van der Waals surface area contributed by atoms with Gasteiger partial charge in [0.25, 0.3) is 0 Å².